The van der Waals surface area contributed by atoms with Crippen LogP contribution in [0, 0.1) is 5.82 Å². The Hall–Kier alpha value is -3.49. The van der Waals surface area contributed by atoms with Crippen molar-refractivity contribution in [3.63, 3.8) is 0 Å². The molecule has 0 radical (unpaired) electrons. The molecule has 0 spiro atoms. The topological polar surface area (TPSA) is 72.2 Å². The van der Waals surface area contributed by atoms with Gasteiger partial charge in [0.2, 0.25) is 11.8 Å². The number of halogens is 1. The fraction of sp³-hybridized carbons (Fsp3) is 0.357. The zero-order valence-corrected chi connectivity index (χ0v) is 20.6. The second-order valence-corrected chi connectivity index (χ2v) is 8.30. The minimum Gasteiger partial charge on any atom is -0.467 e. The Kier molecular flexibility index (Phi) is 11.1. The van der Waals surface area contributed by atoms with E-state index in [-0.39, 0.29) is 43.9 Å². The van der Waals surface area contributed by atoms with Gasteiger partial charge in [0.1, 0.15) is 18.2 Å². The van der Waals surface area contributed by atoms with Crippen molar-refractivity contribution in [3.05, 3.63) is 95.7 Å². The van der Waals surface area contributed by atoms with E-state index in [1.54, 1.807) is 35.4 Å². The lowest BCUT2D eigenvalue weighted by molar-refractivity contribution is -0.144. The lowest BCUT2D eigenvalue weighted by Crippen LogP contribution is -2.44. The second kappa shape index (κ2) is 14.8. The zero-order chi connectivity index (χ0) is 25.6. The Morgan fingerprint density at radius 2 is 1.64 bits per heavy atom. The van der Waals surface area contributed by atoms with E-state index in [1.165, 1.54) is 17.0 Å². The van der Waals surface area contributed by atoms with Crippen molar-refractivity contribution in [1.29, 1.82) is 0 Å². The molecular weight excluding hydrogens is 463 g/mol. The molecule has 3 aromatic rings. The van der Waals surface area contributed by atoms with Crippen molar-refractivity contribution in [2.45, 2.75) is 33.0 Å². The monoisotopic (exact) mass is 496 g/mol. The zero-order valence-electron chi connectivity index (χ0n) is 20.6. The molecule has 0 saturated carbocycles. The average molecular weight is 497 g/mol. The first kappa shape index (κ1) is 27.1. The maximum Gasteiger partial charge on any atom is 0.249 e. The van der Waals surface area contributed by atoms with Crippen LogP contribution in [0.3, 0.4) is 0 Å². The number of amides is 2. The van der Waals surface area contributed by atoms with Crippen molar-refractivity contribution < 1.29 is 27.9 Å². The second-order valence-electron chi connectivity index (χ2n) is 8.30. The maximum atomic E-state index is 13.4. The smallest absolute Gasteiger partial charge is 0.249 e. The highest BCUT2D eigenvalue weighted by atomic mass is 19.1. The van der Waals surface area contributed by atoms with E-state index >= 15 is 0 Å². The number of carbonyl (C=O) groups excluding carboxylic acids is 2. The Morgan fingerprint density at radius 3 is 2.33 bits per heavy atom. The van der Waals surface area contributed by atoms with Gasteiger partial charge in [0.15, 0.2) is 0 Å². The third kappa shape index (κ3) is 9.28. The molecule has 2 aromatic carbocycles. The molecule has 0 unspecified atom stereocenters. The van der Waals surface area contributed by atoms with Gasteiger partial charge in [0, 0.05) is 26.3 Å². The molecule has 0 atom stereocenters. The number of ether oxygens (including phenoxy) is 2. The largest absolute Gasteiger partial charge is 0.467 e. The highest BCUT2D eigenvalue weighted by molar-refractivity contribution is 5.85. The van der Waals surface area contributed by atoms with Crippen LogP contribution in [0.15, 0.2) is 77.4 Å². The van der Waals surface area contributed by atoms with E-state index in [2.05, 4.69) is 0 Å². The molecule has 3 rings (SSSR count). The van der Waals surface area contributed by atoms with Gasteiger partial charge in [-0.2, -0.15) is 0 Å². The SMILES string of the molecule is CCOCCCN(CC(=O)N(Cc1ccc(F)cc1)Cc1ccco1)C(=O)COCc1ccccc1. The molecule has 0 fully saturated rings. The van der Waals surface area contributed by atoms with Gasteiger partial charge in [-0.25, -0.2) is 4.39 Å². The van der Waals surface area contributed by atoms with Gasteiger partial charge in [0.25, 0.3) is 0 Å². The summed E-state index contributed by atoms with van der Waals surface area (Å²) in [5, 5.41) is 0. The maximum absolute atomic E-state index is 13.4. The summed E-state index contributed by atoms with van der Waals surface area (Å²) in [6.07, 6.45) is 2.14. The molecule has 36 heavy (non-hydrogen) atoms. The number of nitrogens with zero attached hydrogens (tertiary/aromatic N) is 2. The predicted octanol–water partition coefficient (Wildman–Crippen LogP) is 4.42. The van der Waals surface area contributed by atoms with Crippen molar-refractivity contribution >= 4 is 11.8 Å². The summed E-state index contributed by atoms with van der Waals surface area (Å²) in [7, 11) is 0. The van der Waals surface area contributed by atoms with E-state index in [0.29, 0.717) is 38.5 Å². The van der Waals surface area contributed by atoms with Crippen LogP contribution in [0.5, 0.6) is 0 Å². The highest BCUT2D eigenvalue weighted by Gasteiger charge is 2.22. The Labute approximate surface area is 211 Å². The van der Waals surface area contributed by atoms with Crippen LogP contribution < -0.4 is 0 Å². The van der Waals surface area contributed by atoms with Crippen LogP contribution in [-0.2, 0) is 38.8 Å². The average Bonchev–Trinajstić information content (AvgIpc) is 3.40. The lowest BCUT2D eigenvalue weighted by Gasteiger charge is -2.27. The predicted molar refractivity (Wildman–Crippen MR) is 133 cm³/mol. The summed E-state index contributed by atoms with van der Waals surface area (Å²) in [5.41, 5.74) is 1.74. The van der Waals surface area contributed by atoms with Gasteiger partial charge in [-0.3, -0.25) is 9.59 Å². The molecular formula is C28H33FN2O5. The number of rotatable bonds is 15. The van der Waals surface area contributed by atoms with Crippen LogP contribution in [0.2, 0.25) is 0 Å². The number of furan rings is 1. The summed E-state index contributed by atoms with van der Waals surface area (Å²) in [5.74, 6) is -0.242. The first-order chi connectivity index (χ1) is 17.5. The number of hydrogen-bond donors (Lipinski definition) is 0. The number of benzene rings is 2. The molecule has 2 amide bonds. The van der Waals surface area contributed by atoms with Crippen molar-refractivity contribution in [2.24, 2.45) is 0 Å². The minimum absolute atomic E-state index is 0.110. The summed E-state index contributed by atoms with van der Waals surface area (Å²) < 4.78 is 29.8. The molecule has 8 heteroatoms. The molecule has 1 heterocycles. The third-order valence-corrected chi connectivity index (χ3v) is 5.50. The summed E-state index contributed by atoms with van der Waals surface area (Å²) in [6.45, 7) is 3.90. The Morgan fingerprint density at radius 1 is 0.861 bits per heavy atom. The van der Waals surface area contributed by atoms with Crippen molar-refractivity contribution in [2.75, 3.05) is 32.9 Å². The van der Waals surface area contributed by atoms with E-state index in [1.807, 2.05) is 37.3 Å². The molecule has 0 aliphatic rings. The van der Waals surface area contributed by atoms with Crippen molar-refractivity contribution in [3.8, 4) is 0 Å². The van der Waals surface area contributed by atoms with Gasteiger partial charge in [-0.05, 0) is 48.7 Å². The molecule has 7 nitrogen and oxygen atoms in total. The van der Waals surface area contributed by atoms with Gasteiger partial charge in [-0.1, -0.05) is 42.5 Å². The molecule has 0 bridgehead atoms. The third-order valence-electron chi connectivity index (χ3n) is 5.50. The van der Waals surface area contributed by atoms with Crippen LogP contribution in [0.1, 0.15) is 30.2 Å². The van der Waals surface area contributed by atoms with Gasteiger partial charge in [-0.15, -0.1) is 0 Å². The first-order valence-corrected chi connectivity index (χ1v) is 12.1. The van der Waals surface area contributed by atoms with E-state index in [4.69, 9.17) is 13.9 Å². The van der Waals surface area contributed by atoms with E-state index in [0.717, 1.165) is 11.1 Å². The quantitative estimate of drug-likeness (QED) is 0.291. The number of hydrogen-bond acceptors (Lipinski definition) is 5. The fourth-order valence-electron chi connectivity index (χ4n) is 3.61. The molecule has 0 aliphatic heterocycles. The van der Waals surface area contributed by atoms with Crippen LogP contribution in [0.25, 0.3) is 0 Å². The van der Waals surface area contributed by atoms with Crippen LogP contribution in [0.4, 0.5) is 4.39 Å². The summed E-state index contributed by atoms with van der Waals surface area (Å²) in [6, 6.07) is 19.1. The number of carbonyl (C=O) groups is 2. The van der Waals surface area contributed by atoms with Gasteiger partial charge < -0.3 is 23.7 Å². The van der Waals surface area contributed by atoms with Gasteiger partial charge >= 0.3 is 0 Å². The fourth-order valence-corrected chi connectivity index (χ4v) is 3.61. The first-order valence-electron chi connectivity index (χ1n) is 12.1. The normalized spacial score (nSPS) is 10.8. The van der Waals surface area contributed by atoms with Gasteiger partial charge in [0.05, 0.1) is 26.0 Å². The molecule has 0 N–H and O–H groups in total. The minimum atomic E-state index is -0.343. The Balaban J connectivity index is 1.65. The summed E-state index contributed by atoms with van der Waals surface area (Å²) in [4.78, 5) is 29.5. The molecule has 192 valence electrons. The molecule has 0 saturated heterocycles. The van der Waals surface area contributed by atoms with E-state index in [9.17, 15) is 14.0 Å². The lowest BCUT2D eigenvalue weighted by atomic mass is 10.2. The van der Waals surface area contributed by atoms with Crippen LogP contribution in [-0.4, -0.2) is 54.5 Å². The van der Waals surface area contributed by atoms with E-state index < -0.39 is 0 Å². The summed E-state index contributed by atoms with van der Waals surface area (Å²) >= 11 is 0. The molecule has 0 aliphatic carbocycles. The molecule has 1 aromatic heterocycles. The van der Waals surface area contributed by atoms with Crippen LogP contribution >= 0.6 is 0 Å². The van der Waals surface area contributed by atoms with Crippen molar-refractivity contribution in [1.82, 2.24) is 9.80 Å². The highest BCUT2D eigenvalue weighted by Crippen LogP contribution is 2.13. The Bertz CT molecular complexity index is 1040. The standard InChI is InChI=1S/C28H33FN2O5/c1-2-34-16-7-15-30(28(33)22-35-21-24-8-4-3-5-9-24)20-27(32)31(19-26-10-6-17-36-26)18-23-11-13-25(29)14-12-23/h3-6,8-14,17H,2,7,15-16,18-22H2,1H3.